The molecule has 1 aliphatic rings. The zero-order valence-electron chi connectivity index (χ0n) is 9.31. The fraction of sp³-hybridized carbons (Fsp3) is 0.600. The van der Waals surface area contributed by atoms with E-state index in [2.05, 4.69) is 10.4 Å². The van der Waals surface area contributed by atoms with E-state index >= 15 is 0 Å². The summed E-state index contributed by atoms with van der Waals surface area (Å²) in [5.41, 5.74) is 0.956. The molecule has 16 heavy (non-hydrogen) atoms. The molecule has 1 aromatic rings. The predicted octanol–water partition coefficient (Wildman–Crippen LogP) is -1.04. The Kier molecular flexibility index (Phi) is 3.21. The first-order valence-corrected chi connectivity index (χ1v) is 5.35. The molecule has 0 atom stereocenters. The van der Waals surface area contributed by atoms with Gasteiger partial charge in [-0.3, -0.25) is 9.48 Å². The number of nitrogens with one attached hydrogen (secondary N) is 1. The third kappa shape index (κ3) is 2.07. The van der Waals surface area contributed by atoms with Gasteiger partial charge in [0.25, 0.3) is 5.91 Å². The highest BCUT2D eigenvalue weighted by molar-refractivity contribution is 5.93. The number of carbonyl (C=O) groups is 1. The SMILES string of the molecule is Cn1cc(CO)c(C(=O)N2CCNCC2)n1. The van der Waals surface area contributed by atoms with E-state index in [-0.39, 0.29) is 12.5 Å². The van der Waals surface area contributed by atoms with E-state index in [1.165, 1.54) is 0 Å². The molecule has 2 rings (SSSR count). The Hall–Kier alpha value is -1.40. The number of hydrogen-bond donors (Lipinski definition) is 2. The van der Waals surface area contributed by atoms with Crippen LogP contribution in [0.4, 0.5) is 0 Å². The van der Waals surface area contributed by atoms with Gasteiger partial charge in [0, 0.05) is 45.0 Å². The third-order valence-corrected chi connectivity index (χ3v) is 2.68. The normalized spacial score (nSPS) is 16.5. The summed E-state index contributed by atoms with van der Waals surface area (Å²) in [6.07, 6.45) is 1.68. The van der Waals surface area contributed by atoms with Crippen molar-refractivity contribution < 1.29 is 9.90 Å². The van der Waals surface area contributed by atoms with Crippen molar-refractivity contribution >= 4 is 5.91 Å². The van der Waals surface area contributed by atoms with Gasteiger partial charge in [-0.1, -0.05) is 0 Å². The Morgan fingerprint density at radius 3 is 2.88 bits per heavy atom. The van der Waals surface area contributed by atoms with Crippen molar-refractivity contribution in [1.82, 2.24) is 20.0 Å². The average Bonchev–Trinajstić information content (AvgIpc) is 2.70. The molecule has 0 bridgehead atoms. The van der Waals surface area contributed by atoms with E-state index in [0.29, 0.717) is 24.3 Å². The Morgan fingerprint density at radius 2 is 2.25 bits per heavy atom. The van der Waals surface area contributed by atoms with Crippen LogP contribution in [0.5, 0.6) is 0 Å². The second-order valence-electron chi connectivity index (χ2n) is 3.88. The summed E-state index contributed by atoms with van der Waals surface area (Å²) in [6.45, 7) is 2.86. The minimum absolute atomic E-state index is 0.0915. The first-order valence-electron chi connectivity index (χ1n) is 5.35. The molecule has 2 heterocycles. The topological polar surface area (TPSA) is 70.4 Å². The van der Waals surface area contributed by atoms with Crippen LogP contribution in [-0.4, -0.2) is 51.9 Å². The van der Waals surface area contributed by atoms with Crippen LogP contribution >= 0.6 is 0 Å². The highest BCUT2D eigenvalue weighted by Crippen LogP contribution is 2.10. The molecule has 1 fully saturated rings. The van der Waals surface area contributed by atoms with E-state index in [0.717, 1.165) is 13.1 Å². The number of aromatic nitrogens is 2. The van der Waals surface area contributed by atoms with Crippen LogP contribution in [0.3, 0.4) is 0 Å². The zero-order chi connectivity index (χ0) is 11.5. The van der Waals surface area contributed by atoms with E-state index in [1.54, 1.807) is 22.8 Å². The Labute approximate surface area is 93.9 Å². The van der Waals surface area contributed by atoms with Crippen molar-refractivity contribution in [3.63, 3.8) is 0 Å². The van der Waals surface area contributed by atoms with Crippen molar-refractivity contribution in [1.29, 1.82) is 0 Å². The summed E-state index contributed by atoms with van der Waals surface area (Å²) in [5, 5.41) is 16.4. The lowest BCUT2D eigenvalue weighted by Gasteiger charge is -2.26. The van der Waals surface area contributed by atoms with Crippen LogP contribution in [-0.2, 0) is 13.7 Å². The Bertz CT molecular complexity index is 382. The van der Waals surface area contributed by atoms with Crippen LogP contribution in [0.2, 0.25) is 0 Å². The van der Waals surface area contributed by atoms with Crippen LogP contribution in [0.1, 0.15) is 16.1 Å². The van der Waals surface area contributed by atoms with Gasteiger partial charge in [-0.05, 0) is 0 Å². The molecule has 6 heteroatoms. The molecule has 0 radical (unpaired) electrons. The lowest BCUT2D eigenvalue weighted by atomic mass is 10.2. The Morgan fingerprint density at radius 1 is 1.56 bits per heavy atom. The summed E-state index contributed by atoms with van der Waals surface area (Å²) >= 11 is 0. The fourth-order valence-electron chi connectivity index (χ4n) is 1.85. The van der Waals surface area contributed by atoms with E-state index in [9.17, 15) is 4.79 Å². The summed E-state index contributed by atoms with van der Waals surface area (Å²) in [5.74, 6) is -0.0915. The molecule has 6 nitrogen and oxygen atoms in total. The van der Waals surface area contributed by atoms with Crippen molar-refractivity contribution in [3.8, 4) is 0 Å². The molecule has 0 unspecified atom stereocenters. The number of rotatable bonds is 2. The van der Waals surface area contributed by atoms with Gasteiger partial charge in [0.05, 0.1) is 6.61 Å². The average molecular weight is 224 g/mol. The monoisotopic (exact) mass is 224 g/mol. The molecule has 1 saturated heterocycles. The largest absolute Gasteiger partial charge is 0.392 e. The first kappa shape index (κ1) is 11.1. The van der Waals surface area contributed by atoms with E-state index < -0.39 is 0 Å². The predicted molar refractivity (Wildman–Crippen MR) is 57.9 cm³/mol. The lowest BCUT2D eigenvalue weighted by Crippen LogP contribution is -2.46. The van der Waals surface area contributed by atoms with Crippen LogP contribution in [0, 0.1) is 0 Å². The second-order valence-corrected chi connectivity index (χ2v) is 3.88. The smallest absolute Gasteiger partial charge is 0.274 e. The van der Waals surface area contributed by atoms with Crippen molar-refractivity contribution in [2.75, 3.05) is 26.2 Å². The van der Waals surface area contributed by atoms with E-state index in [1.807, 2.05) is 0 Å². The van der Waals surface area contributed by atoms with Crippen molar-refractivity contribution in [2.24, 2.45) is 7.05 Å². The zero-order valence-corrected chi connectivity index (χ0v) is 9.31. The maximum atomic E-state index is 12.1. The van der Waals surface area contributed by atoms with Crippen molar-refractivity contribution in [3.05, 3.63) is 17.5 Å². The molecule has 0 saturated carbocycles. The van der Waals surface area contributed by atoms with Gasteiger partial charge in [-0.2, -0.15) is 5.10 Å². The number of carbonyl (C=O) groups excluding carboxylic acids is 1. The second kappa shape index (κ2) is 4.63. The number of aliphatic hydroxyl groups is 1. The van der Waals surface area contributed by atoms with Crippen LogP contribution < -0.4 is 5.32 Å². The van der Waals surface area contributed by atoms with Gasteiger partial charge in [-0.25, -0.2) is 0 Å². The van der Waals surface area contributed by atoms with Gasteiger partial charge in [-0.15, -0.1) is 0 Å². The van der Waals surface area contributed by atoms with Crippen molar-refractivity contribution in [2.45, 2.75) is 6.61 Å². The summed E-state index contributed by atoms with van der Waals surface area (Å²) in [4.78, 5) is 13.9. The number of piperazine rings is 1. The fourth-order valence-corrected chi connectivity index (χ4v) is 1.85. The maximum absolute atomic E-state index is 12.1. The van der Waals surface area contributed by atoms with Gasteiger partial charge in [0.2, 0.25) is 0 Å². The summed E-state index contributed by atoms with van der Waals surface area (Å²) in [6, 6.07) is 0. The lowest BCUT2D eigenvalue weighted by molar-refractivity contribution is 0.0726. The van der Waals surface area contributed by atoms with Gasteiger partial charge >= 0.3 is 0 Å². The van der Waals surface area contributed by atoms with Crippen LogP contribution in [0.25, 0.3) is 0 Å². The van der Waals surface area contributed by atoms with Crippen LogP contribution in [0.15, 0.2) is 6.20 Å². The molecule has 0 aromatic carbocycles. The molecule has 0 spiro atoms. The number of hydrogen-bond acceptors (Lipinski definition) is 4. The molecule has 1 aromatic heterocycles. The Balaban J connectivity index is 2.18. The molecule has 1 amide bonds. The van der Waals surface area contributed by atoms with Gasteiger partial charge < -0.3 is 15.3 Å². The van der Waals surface area contributed by atoms with Gasteiger partial charge in [0.15, 0.2) is 5.69 Å². The molecule has 1 aliphatic heterocycles. The highest BCUT2D eigenvalue weighted by Gasteiger charge is 2.22. The van der Waals surface area contributed by atoms with Gasteiger partial charge in [0.1, 0.15) is 0 Å². The highest BCUT2D eigenvalue weighted by atomic mass is 16.3. The molecule has 0 aliphatic carbocycles. The molecule has 2 N–H and O–H groups in total. The summed E-state index contributed by atoms with van der Waals surface area (Å²) < 4.78 is 1.56. The first-order chi connectivity index (χ1) is 7.72. The van der Waals surface area contributed by atoms with E-state index in [4.69, 9.17) is 5.11 Å². The standard InChI is InChI=1S/C10H16N4O2/c1-13-6-8(7-15)9(12-13)10(16)14-4-2-11-3-5-14/h6,11,15H,2-5,7H2,1H3. The minimum atomic E-state index is -0.152. The minimum Gasteiger partial charge on any atom is -0.392 e. The summed E-state index contributed by atoms with van der Waals surface area (Å²) in [7, 11) is 1.74. The third-order valence-electron chi connectivity index (χ3n) is 2.68. The number of nitrogens with zero attached hydrogens (tertiary/aromatic N) is 3. The number of aryl methyl sites for hydroxylation is 1. The number of aliphatic hydroxyl groups excluding tert-OH is 1. The maximum Gasteiger partial charge on any atom is 0.274 e. The molecular formula is C10H16N4O2. The number of amides is 1. The quantitative estimate of drug-likeness (QED) is 0.673. The molecule has 88 valence electrons. The molecular weight excluding hydrogens is 208 g/mol.